The van der Waals surface area contributed by atoms with Crippen LogP contribution in [0.15, 0.2) is 36.9 Å². The van der Waals surface area contributed by atoms with Gasteiger partial charge < -0.3 is 5.11 Å². The molecule has 0 aliphatic rings. The van der Waals surface area contributed by atoms with E-state index in [1.54, 1.807) is 24.3 Å². The Balaban J connectivity index is 2.42. The number of phenolic OH excluding ortho intramolecular Hbond substituents is 1. The minimum atomic E-state index is 0.234. The smallest absolute Gasteiger partial charge is 0.162 e. The van der Waals surface area contributed by atoms with Crippen molar-refractivity contribution in [2.75, 3.05) is 0 Å². The molecule has 13 heavy (non-hydrogen) atoms. The van der Waals surface area contributed by atoms with Crippen LogP contribution in [0.1, 0.15) is 0 Å². The van der Waals surface area contributed by atoms with Crippen LogP contribution in [0, 0.1) is 0 Å². The van der Waals surface area contributed by atoms with Crippen LogP contribution in [-0.2, 0) is 0 Å². The van der Waals surface area contributed by atoms with E-state index in [2.05, 4.69) is 15.0 Å². The van der Waals surface area contributed by atoms with Gasteiger partial charge >= 0.3 is 0 Å². The fourth-order valence-corrected chi connectivity index (χ4v) is 0.999. The SMILES string of the molecule is Oc1ccc(-c2ncncn2)cc1. The Hall–Kier alpha value is -1.97. The summed E-state index contributed by atoms with van der Waals surface area (Å²) in [6.07, 6.45) is 2.88. The summed E-state index contributed by atoms with van der Waals surface area (Å²) < 4.78 is 0. The zero-order chi connectivity index (χ0) is 9.10. The number of hydrogen-bond donors (Lipinski definition) is 1. The van der Waals surface area contributed by atoms with Gasteiger partial charge in [0.05, 0.1) is 0 Å². The maximum atomic E-state index is 9.05. The highest BCUT2D eigenvalue weighted by molar-refractivity contribution is 5.55. The third kappa shape index (κ3) is 1.61. The molecule has 4 heteroatoms. The van der Waals surface area contributed by atoms with E-state index in [1.807, 2.05) is 0 Å². The Kier molecular flexibility index (Phi) is 1.88. The molecule has 2 rings (SSSR count). The molecule has 0 fully saturated rings. The molecule has 1 aromatic carbocycles. The summed E-state index contributed by atoms with van der Waals surface area (Å²) in [5, 5.41) is 9.05. The van der Waals surface area contributed by atoms with Gasteiger partial charge in [0.15, 0.2) is 5.82 Å². The van der Waals surface area contributed by atoms with Crippen LogP contribution in [0.5, 0.6) is 5.75 Å². The number of benzene rings is 1. The first-order chi connectivity index (χ1) is 6.36. The molecule has 0 amide bonds. The molecule has 0 saturated heterocycles. The molecule has 1 heterocycles. The minimum absolute atomic E-state index is 0.234. The lowest BCUT2D eigenvalue weighted by molar-refractivity contribution is 0.475. The zero-order valence-electron chi connectivity index (χ0n) is 6.75. The summed E-state index contributed by atoms with van der Waals surface area (Å²) in [6, 6.07) is 6.70. The second-order valence-corrected chi connectivity index (χ2v) is 2.51. The average molecular weight is 173 g/mol. The highest BCUT2D eigenvalue weighted by Crippen LogP contribution is 2.16. The van der Waals surface area contributed by atoms with Gasteiger partial charge in [0.2, 0.25) is 0 Å². The molecular weight excluding hydrogens is 166 g/mol. The summed E-state index contributed by atoms with van der Waals surface area (Å²) in [6.45, 7) is 0. The first-order valence-electron chi connectivity index (χ1n) is 3.77. The van der Waals surface area contributed by atoms with Crippen molar-refractivity contribution < 1.29 is 5.11 Å². The van der Waals surface area contributed by atoms with Crippen LogP contribution in [0.4, 0.5) is 0 Å². The van der Waals surface area contributed by atoms with Crippen LogP contribution >= 0.6 is 0 Å². The molecule has 1 N–H and O–H groups in total. The zero-order valence-corrected chi connectivity index (χ0v) is 6.75. The highest BCUT2D eigenvalue weighted by Gasteiger charge is 1.98. The van der Waals surface area contributed by atoms with Crippen molar-refractivity contribution in [3.05, 3.63) is 36.9 Å². The molecule has 0 aliphatic carbocycles. The number of phenols is 1. The Bertz CT molecular complexity index is 385. The number of aromatic hydroxyl groups is 1. The lowest BCUT2D eigenvalue weighted by atomic mass is 10.2. The molecule has 2 aromatic rings. The molecule has 0 atom stereocenters. The van der Waals surface area contributed by atoms with E-state index >= 15 is 0 Å². The normalized spacial score (nSPS) is 9.85. The van der Waals surface area contributed by atoms with Gasteiger partial charge in [0, 0.05) is 5.56 Å². The van der Waals surface area contributed by atoms with E-state index < -0.39 is 0 Å². The summed E-state index contributed by atoms with van der Waals surface area (Å²) in [4.78, 5) is 11.7. The molecule has 4 nitrogen and oxygen atoms in total. The molecule has 0 aliphatic heterocycles. The first-order valence-corrected chi connectivity index (χ1v) is 3.77. The van der Waals surface area contributed by atoms with Crippen molar-refractivity contribution in [3.8, 4) is 17.1 Å². The van der Waals surface area contributed by atoms with Crippen LogP contribution in [-0.4, -0.2) is 20.1 Å². The van der Waals surface area contributed by atoms with Crippen molar-refractivity contribution in [2.24, 2.45) is 0 Å². The molecular formula is C9H7N3O. The van der Waals surface area contributed by atoms with E-state index in [0.29, 0.717) is 5.82 Å². The second kappa shape index (κ2) is 3.18. The maximum absolute atomic E-state index is 9.05. The van der Waals surface area contributed by atoms with Crippen molar-refractivity contribution in [3.63, 3.8) is 0 Å². The standard InChI is InChI=1S/C9H7N3O/c13-8-3-1-7(2-4-8)9-11-5-10-6-12-9/h1-6,13H. The molecule has 64 valence electrons. The molecule has 0 bridgehead atoms. The Morgan fingerprint density at radius 3 is 2.15 bits per heavy atom. The number of hydrogen-bond acceptors (Lipinski definition) is 4. The third-order valence-corrected chi connectivity index (χ3v) is 1.62. The van der Waals surface area contributed by atoms with Crippen LogP contribution in [0.25, 0.3) is 11.4 Å². The topological polar surface area (TPSA) is 58.9 Å². The molecule has 0 unspecified atom stereocenters. The number of nitrogens with zero attached hydrogens (tertiary/aromatic N) is 3. The lowest BCUT2D eigenvalue weighted by Crippen LogP contribution is -1.87. The van der Waals surface area contributed by atoms with Crippen molar-refractivity contribution in [2.45, 2.75) is 0 Å². The number of rotatable bonds is 1. The quantitative estimate of drug-likeness (QED) is 0.704. The fraction of sp³-hybridized carbons (Fsp3) is 0. The molecule has 0 radical (unpaired) electrons. The van der Waals surface area contributed by atoms with Gasteiger partial charge in [0.25, 0.3) is 0 Å². The lowest BCUT2D eigenvalue weighted by Gasteiger charge is -1.97. The van der Waals surface area contributed by atoms with Crippen LogP contribution in [0.3, 0.4) is 0 Å². The second-order valence-electron chi connectivity index (χ2n) is 2.51. The van der Waals surface area contributed by atoms with Crippen LogP contribution in [0.2, 0.25) is 0 Å². The van der Waals surface area contributed by atoms with Gasteiger partial charge in [-0.15, -0.1) is 0 Å². The first kappa shape index (κ1) is 7.67. The van der Waals surface area contributed by atoms with Gasteiger partial charge in [-0.3, -0.25) is 0 Å². The van der Waals surface area contributed by atoms with Gasteiger partial charge in [-0.2, -0.15) is 0 Å². The predicted octanol–water partition coefficient (Wildman–Crippen LogP) is 1.24. The van der Waals surface area contributed by atoms with E-state index in [-0.39, 0.29) is 5.75 Å². The molecule has 1 aromatic heterocycles. The summed E-state index contributed by atoms with van der Waals surface area (Å²) in [7, 11) is 0. The Morgan fingerprint density at radius 1 is 0.923 bits per heavy atom. The monoisotopic (exact) mass is 173 g/mol. The molecule has 0 spiro atoms. The Morgan fingerprint density at radius 2 is 1.54 bits per heavy atom. The van der Waals surface area contributed by atoms with Crippen molar-refractivity contribution in [1.29, 1.82) is 0 Å². The largest absolute Gasteiger partial charge is 0.508 e. The van der Waals surface area contributed by atoms with Crippen LogP contribution < -0.4 is 0 Å². The van der Waals surface area contributed by atoms with E-state index in [1.165, 1.54) is 12.7 Å². The predicted molar refractivity (Wildman–Crippen MR) is 46.9 cm³/mol. The Labute approximate surface area is 74.9 Å². The van der Waals surface area contributed by atoms with E-state index in [0.717, 1.165) is 5.56 Å². The molecule has 0 saturated carbocycles. The van der Waals surface area contributed by atoms with Gasteiger partial charge in [-0.1, -0.05) is 0 Å². The van der Waals surface area contributed by atoms with Crippen molar-refractivity contribution in [1.82, 2.24) is 15.0 Å². The third-order valence-electron chi connectivity index (χ3n) is 1.62. The van der Waals surface area contributed by atoms with Crippen molar-refractivity contribution >= 4 is 0 Å². The summed E-state index contributed by atoms with van der Waals surface area (Å²) >= 11 is 0. The van der Waals surface area contributed by atoms with Gasteiger partial charge in [-0.05, 0) is 24.3 Å². The minimum Gasteiger partial charge on any atom is -0.508 e. The maximum Gasteiger partial charge on any atom is 0.162 e. The summed E-state index contributed by atoms with van der Waals surface area (Å²) in [5.74, 6) is 0.841. The fourth-order valence-electron chi connectivity index (χ4n) is 0.999. The van der Waals surface area contributed by atoms with Gasteiger partial charge in [0.1, 0.15) is 18.4 Å². The number of aromatic nitrogens is 3. The van der Waals surface area contributed by atoms with Gasteiger partial charge in [-0.25, -0.2) is 15.0 Å². The van der Waals surface area contributed by atoms with E-state index in [4.69, 9.17) is 5.11 Å². The van der Waals surface area contributed by atoms with E-state index in [9.17, 15) is 0 Å². The summed E-state index contributed by atoms with van der Waals surface area (Å²) in [5.41, 5.74) is 0.861. The average Bonchev–Trinajstić information content (AvgIpc) is 2.20. The highest BCUT2D eigenvalue weighted by atomic mass is 16.3.